The molecule has 232 valence electrons. The third kappa shape index (κ3) is 12.2. The van der Waals surface area contributed by atoms with Gasteiger partial charge in [-0.1, -0.05) is 13.8 Å². The molecule has 0 fully saturated rings. The third-order valence-corrected chi connectivity index (χ3v) is 4.28. The van der Waals surface area contributed by atoms with Crippen LogP contribution in [-0.4, -0.2) is 85.6 Å². The molecule has 0 aromatic rings. The molecule has 0 aromatic heterocycles. The smallest absolute Gasteiger partial charge is 0.422 e. The highest BCUT2D eigenvalue weighted by Gasteiger charge is 2.53. The Kier molecular flexibility index (Phi) is 13.1. The fourth-order valence-corrected chi connectivity index (χ4v) is 2.53. The molecule has 0 N–H and O–H groups in total. The second-order valence-corrected chi connectivity index (χ2v) is 7.65. The summed E-state index contributed by atoms with van der Waals surface area (Å²) in [5.74, 6) is -20.5. The van der Waals surface area contributed by atoms with Gasteiger partial charge in [0, 0.05) is 6.92 Å². The van der Waals surface area contributed by atoms with Crippen molar-refractivity contribution in [3.8, 4) is 0 Å². The molecule has 0 saturated carbocycles. The average Bonchev–Trinajstić information content (AvgIpc) is 2.80. The van der Waals surface area contributed by atoms with E-state index in [-0.39, 0.29) is 0 Å². The molecule has 0 radical (unpaired) electrons. The van der Waals surface area contributed by atoms with Crippen LogP contribution in [0.15, 0.2) is 0 Å². The van der Waals surface area contributed by atoms with Crippen LogP contribution in [0.3, 0.4) is 0 Å². The Morgan fingerprint density at radius 3 is 1.32 bits per heavy atom. The van der Waals surface area contributed by atoms with E-state index in [1.165, 1.54) is 0 Å². The number of rotatable bonds is 14. The number of esters is 5. The number of carbonyl (C=O) groups excluding carboxylic acids is 5. The molecular formula is C20H22F10O10. The lowest BCUT2D eigenvalue weighted by atomic mass is 10.1. The van der Waals surface area contributed by atoms with Crippen molar-refractivity contribution < 1.29 is 91.6 Å². The van der Waals surface area contributed by atoms with Crippen LogP contribution in [0.25, 0.3) is 0 Å². The fraction of sp³-hybridized carbons (Fsp3) is 0.750. The Morgan fingerprint density at radius 1 is 0.625 bits per heavy atom. The molecule has 0 aliphatic carbocycles. The highest BCUT2D eigenvalue weighted by Crippen LogP contribution is 2.29. The van der Waals surface area contributed by atoms with Gasteiger partial charge in [0.05, 0.1) is 6.42 Å². The van der Waals surface area contributed by atoms with Crippen LogP contribution in [0.4, 0.5) is 43.9 Å². The van der Waals surface area contributed by atoms with Gasteiger partial charge < -0.3 is 23.7 Å². The topological polar surface area (TPSA) is 132 Å². The number of hydrogen-bond acceptors (Lipinski definition) is 10. The summed E-state index contributed by atoms with van der Waals surface area (Å²) >= 11 is 0. The third-order valence-electron chi connectivity index (χ3n) is 4.28. The number of halogens is 10. The lowest BCUT2D eigenvalue weighted by Gasteiger charge is -2.27. The molecule has 20 heteroatoms. The largest absolute Gasteiger partial charge is 0.455 e. The maximum Gasteiger partial charge on any atom is 0.422 e. The van der Waals surface area contributed by atoms with Crippen LogP contribution < -0.4 is 0 Å². The van der Waals surface area contributed by atoms with E-state index in [1.54, 1.807) is 0 Å². The zero-order valence-electron chi connectivity index (χ0n) is 20.6. The minimum Gasteiger partial charge on any atom is -0.455 e. The molecule has 0 heterocycles. The molecule has 0 aliphatic rings. The van der Waals surface area contributed by atoms with Crippen molar-refractivity contribution >= 4 is 29.8 Å². The summed E-state index contributed by atoms with van der Waals surface area (Å²) in [6.45, 7) is -2.41. The quantitative estimate of drug-likeness (QED) is 0.163. The average molecular weight is 612 g/mol. The fourth-order valence-electron chi connectivity index (χ4n) is 2.53. The van der Waals surface area contributed by atoms with Crippen molar-refractivity contribution in [2.45, 2.75) is 82.5 Å². The van der Waals surface area contributed by atoms with Gasteiger partial charge in [0.25, 0.3) is 0 Å². The van der Waals surface area contributed by atoms with E-state index in [1.807, 2.05) is 0 Å². The van der Waals surface area contributed by atoms with Gasteiger partial charge in [-0.05, 0) is 12.8 Å². The molecule has 40 heavy (non-hydrogen) atoms. The molecule has 0 bridgehead atoms. The Balaban J connectivity index is 5.61. The maximum absolute atomic E-state index is 14.3. The predicted octanol–water partition coefficient (Wildman–Crippen LogP) is 3.43. The molecular weight excluding hydrogens is 590 g/mol. The summed E-state index contributed by atoms with van der Waals surface area (Å²) in [6.07, 6.45) is -21.9. The van der Waals surface area contributed by atoms with E-state index in [4.69, 9.17) is 0 Å². The van der Waals surface area contributed by atoms with Crippen molar-refractivity contribution in [3.05, 3.63) is 0 Å². The van der Waals surface area contributed by atoms with E-state index >= 15 is 0 Å². The molecule has 10 nitrogen and oxygen atoms in total. The standard InChI is InChI=1S/C20H22F10O10/c1-4-11(19(27,28)15(34)36-7-17(21,22)23)39-13(32)6-10(38-9(3)31)14(33)40-12(5-2)20(29,30)16(35)37-8-18(24,25)26/h10-12H,4-8H2,1-3H3. The zero-order valence-corrected chi connectivity index (χ0v) is 20.6. The van der Waals surface area contributed by atoms with Crippen LogP contribution >= 0.6 is 0 Å². The molecule has 0 saturated heterocycles. The highest BCUT2D eigenvalue weighted by atomic mass is 19.4. The monoisotopic (exact) mass is 612 g/mol. The van der Waals surface area contributed by atoms with E-state index in [9.17, 15) is 67.9 Å². The van der Waals surface area contributed by atoms with Crippen LogP contribution in [-0.2, 0) is 47.7 Å². The maximum atomic E-state index is 14.3. The number of hydrogen-bond donors (Lipinski definition) is 0. The number of alkyl halides is 10. The first-order valence-corrected chi connectivity index (χ1v) is 10.8. The highest BCUT2D eigenvalue weighted by molar-refractivity contribution is 5.85. The number of ether oxygens (including phenoxy) is 5. The Morgan fingerprint density at radius 2 is 1.00 bits per heavy atom. The summed E-state index contributed by atoms with van der Waals surface area (Å²) in [4.78, 5) is 58.5. The van der Waals surface area contributed by atoms with E-state index in [2.05, 4.69) is 23.7 Å². The Bertz CT molecular complexity index is 917. The minimum absolute atomic E-state index is 0.631. The lowest BCUT2D eigenvalue weighted by molar-refractivity contribution is -0.220. The number of carbonyl (C=O) groups is 5. The van der Waals surface area contributed by atoms with Crippen molar-refractivity contribution in [3.63, 3.8) is 0 Å². The zero-order chi connectivity index (χ0) is 31.7. The van der Waals surface area contributed by atoms with Crippen LogP contribution in [0.2, 0.25) is 0 Å². The van der Waals surface area contributed by atoms with E-state index in [0.29, 0.717) is 6.92 Å². The SMILES string of the molecule is CCC(OC(=O)CC(OC(C)=O)C(=O)OC(CC)C(F)(F)C(=O)OCC(F)(F)F)C(F)(F)C(=O)OCC(F)(F)F. The molecule has 0 rings (SSSR count). The van der Waals surface area contributed by atoms with Gasteiger partial charge in [-0.25, -0.2) is 14.4 Å². The van der Waals surface area contributed by atoms with Gasteiger partial charge >= 0.3 is 54.0 Å². The first kappa shape index (κ1) is 36.6. The normalized spacial score (nSPS) is 14.8. The van der Waals surface area contributed by atoms with E-state index in [0.717, 1.165) is 13.8 Å². The predicted molar refractivity (Wildman–Crippen MR) is 104 cm³/mol. The molecule has 3 atom stereocenters. The molecule has 3 unspecified atom stereocenters. The summed E-state index contributed by atoms with van der Waals surface area (Å²) in [6, 6.07) is 0. The Hall–Kier alpha value is -3.35. The van der Waals surface area contributed by atoms with Gasteiger partial charge in [0.2, 0.25) is 6.10 Å². The molecule has 0 spiro atoms. The summed E-state index contributed by atoms with van der Waals surface area (Å²) in [5, 5.41) is 0. The van der Waals surface area contributed by atoms with Gasteiger partial charge in [0.1, 0.15) is 0 Å². The first-order chi connectivity index (χ1) is 18.0. The summed E-state index contributed by atoms with van der Waals surface area (Å²) in [5.41, 5.74) is 0. The van der Waals surface area contributed by atoms with Crippen molar-refractivity contribution in [1.29, 1.82) is 0 Å². The summed E-state index contributed by atoms with van der Waals surface area (Å²) in [7, 11) is 0. The second-order valence-electron chi connectivity index (χ2n) is 7.65. The Labute approximate surface area is 218 Å². The van der Waals surface area contributed by atoms with Crippen molar-refractivity contribution in [2.75, 3.05) is 13.2 Å². The molecule has 0 amide bonds. The van der Waals surface area contributed by atoms with Crippen molar-refractivity contribution in [1.82, 2.24) is 0 Å². The van der Waals surface area contributed by atoms with Crippen LogP contribution in [0, 0.1) is 0 Å². The van der Waals surface area contributed by atoms with Gasteiger partial charge in [-0.2, -0.15) is 43.9 Å². The minimum atomic E-state index is -5.19. The van der Waals surface area contributed by atoms with E-state index < -0.39 is 105 Å². The summed E-state index contributed by atoms with van der Waals surface area (Å²) < 4.78 is 150. The van der Waals surface area contributed by atoms with Crippen LogP contribution in [0.1, 0.15) is 40.0 Å². The van der Waals surface area contributed by atoms with Gasteiger partial charge in [0.15, 0.2) is 25.4 Å². The second kappa shape index (κ2) is 14.3. The van der Waals surface area contributed by atoms with Gasteiger partial charge in [-0.15, -0.1) is 0 Å². The first-order valence-electron chi connectivity index (χ1n) is 10.8. The van der Waals surface area contributed by atoms with Crippen LogP contribution in [0.5, 0.6) is 0 Å². The molecule has 0 aromatic carbocycles. The molecule has 0 aliphatic heterocycles. The van der Waals surface area contributed by atoms with Crippen molar-refractivity contribution in [2.24, 2.45) is 0 Å². The van der Waals surface area contributed by atoms with Gasteiger partial charge in [-0.3, -0.25) is 9.59 Å². The lowest BCUT2D eigenvalue weighted by Crippen LogP contribution is -2.48.